The number of rotatable bonds is 9. The predicted octanol–water partition coefficient (Wildman–Crippen LogP) is 1.37. The predicted molar refractivity (Wildman–Crippen MR) is 80.4 cm³/mol. The molecule has 4 N–H and O–H groups in total. The lowest BCUT2D eigenvalue weighted by Gasteiger charge is -2.07. The van der Waals surface area contributed by atoms with Crippen LogP contribution in [-0.2, 0) is 15.3 Å². The molecule has 0 saturated heterocycles. The molecule has 1 aromatic rings. The van der Waals surface area contributed by atoms with Crippen LogP contribution in [0.2, 0.25) is 0 Å². The maximum absolute atomic E-state index is 12.7. The standard InChI is InChI=1S/C14H19FN2O3S/c15-11-5-3-10(4-6-11)8-21-9-13(18)17-7-1-2-12(16)14(19)20/h3-6,12H,1-2,7-9,16H2,(H,17,18)(H,19,20)/t12-/m0/s1. The van der Waals surface area contributed by atoms with Crippen LogP contribution >= 0.6 is 11.8 Å². The van der Waals surface area contributed by atoms with Gasteiger partial charge in [0, 0.05) is 12.3 Å². The molecule has 0 aliphatic heterocycles. The lowest BCUT2D eigenvalue weighted by molar-refractivity contribution is -0.138. The average molecular weight is 314 g/mol. The number of carboxylic acids is 1. The van der Waals surface area contributed by atoms with Gasteiger partial charge in [-0.05, 0) is 30.5 Å². The molecular formula is C14H19FN2O3S. The molecule has 0 fully saturated rings. The number of carbonyl (C=O) groups is 2. The highest BCUT2D eigenvalue weighted by atomic mass is 32.2. The van der Waals surface area contributed by atoms with E-state index >= 15 is 0 Å². The van der Waals surface area contributed by atoms with Crippen LogP contribution in [0.3, 0.4) is 0 Å². The number of halogens is 1. The summed E-state index contributed by atoms with van der Waals surface area (Å²) in [7, 11) is 0. The molecule has 0 saturated carbocycles. The fraction of sp³-hybridized carbons (Fsp3) is 0.429. The summed E-state index contributed by atoms with van der Waals surface area (Å²) in [5.41, 5.74) is 6.31. The molecule has 0 radical (unpaired) electrons. The minimum Gasteiger partial charge on any atom is -0.480 e. The van der Waals surface area contributed by atoms with E-state index in [0.717, 1.165) is 5.56 Å². The van der Waals surface area contributed by atoms with Gasteiger partial charge in [-0.2, -0.15) is 0 Å². The molecule has 0 unspecified atom stereocenters. The van der Waals surface area contributed by atoms with Crippen LogP contribution in [0.15, 0.2) is 24.3 Å². The first-order chi connectivity index (χ1) is 9.99. The summed E-state index contributed by atoms with van der Waals surface area (Å²) in [6, 6.07) is 5.28. The molecule has 1 aromatic carbocycles. The van der Waals surface area contributed by atoms with Crippen LogP contribution in [0, 0.1) is 5.82 Å². The Bertz CT molecular complexity index is 468. The van der Waals surface area contributed by atoms with E-state index in [4.69, 9.17) is 10.8 Å². The van der Waals surface area contributed by atoms with Gasteiger partial charge in [-0.15, -0.1) is 11.8 Å². The van der Waals surface area contributed by atoms with E-state index < -0.39 is 12.0 Å². The molecule has 1 rings (SSSR count). The topological polar surface area (TPSA) is 92.4 Å². The molecule has 0 aromatic heterocycles. The zero-order valence-electron chi connectivity index (χ0n) is 11.5. The average Bonchev–Trinajstić information content (AvgIpc) is 2.45. The summed E-state index contributed by atoms with van der Waals surface area (Å²) in [6.45, 7) is 0.414. The smallest absolute Gasteiger partial charge is 0.320 e. The molecule has 116 valence electrons. The van der Waals surface area contributed by atoms with Gasteiger partial charge >= 0.3 is 5.97 Å². The number of aliphatic carboxylic acids is 1. The minimum atomic E-state index is -1.03. The number of nitrogens with two attached hydrogens (primary N) is 1. The zero-order chi connectivity index (χ0) is 15.7. The van der Waals surface area contributed by atoms with Gasteiger partial charge < -0.3 is 16.2 Å². The van der Waals surface area contributed by atoms with Crippen molar-refractivity contribution in [3.63, 3.8) is 0 Å². The van der Waals surface area contributed by atoms with Crippen LogP contribution in [-0.4, -0.2) is 35.3 Å². The van der Waals surface area contributed by atoms with Crippen molar-refractivity contribution in [1.29, 1.82) is 0 Å². The van der Waals surface area contributed by atoms with Gasteiger partial charge in [-0.25, -0.2) is 4.39 Å². The molecule has 0 aliphatic carbocycles. The zero-order valence-corrected chi connectivity index (χ0v) is 12.4. The molecule has 1 amide bonds. The van der Waals surface area contributed by atoms with E-state index in [-0.39, 0.29) is 11.7 Å². The van der Waals surface area contributed by atoms with Gasteiger partial charge in [0.25, 0.3) is 0 Å². The van der Waals surface area contributed by atoms with Gasteiger partial charge in [-0.1, -0.05) is 12.1 Å². The Hall–Kier alpha value is -1.60. The number of carboxylic acid groups (broad SMARTS) is 1. The first-order valence-electron chi connectivity index (χ1n) is 6.56. The van der Waals surface area contributed by atoms with Crippen molar-refractivity contribution >= 4 is 23.6 Å². The Labute approximate surface area is 127 Å². The van der Waals surface area contributed by atoms with E-state index in [9.17, 15) is 14.0 Å². The molecule has 0 bridgehead atoms. The quantitative estimate of drug-likeness (QED) is 0.599. The highest BCUT2D eigenvalue weighted by Gasteiger charge is 2.10. The minimum absolute atomic E-state index is 0.106. The van der Waals surface area contributed by atoms with Crippen molar-refractivity contribution in [2.75, 3.05) is 12.3 Å². The molecule has 5 nitrogen and oxygen atoms in total. The van der Waals surface area contributed by atoms with Gasteiger partial charge in [-0.3, -0.25) is 9.59 Å². The number of hydrogen-bond acceptors (Lipinski definition) is 4. The van der Waals surface area contributed by atoms with E-state index in [1.165, 1.54) is 23.9 Å². The Morgan fingerprint density at radius 1 is 1.33 bits per heavy atom. The van der Waals surface area contributed by atoms with Gasteiger partial charge in [0.1, 0.15) is 11.9 Å². The highest BCUT2D eigenvalue weighted by molar-refractivity contribution is 7.99. The van der Waals surface area contributed by atoms with Crippen LogP contribution in [0.5, 0.6) is 0 Å². The lowest BCUT2D eigenvalue weighted by Crippen LogP contribution is -2.32. The van der Waals surface area contributed by atoms with E-state index in [0.29, 0.717) is 30.9 Å². The van der Waals surface area contributed by atoms with Crippen molar-refractivity contribution in [3.8, 4) is 0 Å². The normalized spacial score (nSPS) is 11.9. The fourth-order valence-corrected chi connectivity index (χ4v) is 2.38. The number of hydrogen-bond donors (Lipinski definition) is 3. The van der Waals surface area contributed by atoms with Crippen LogP contribution < -0.4 is 11.1 Å². The van der Waals surface area contributed by atoms with E-state index in [2.05, 4.69) is 5.32 Å². The maximum atomic E-state index is 12.7. The maximum Gasteiger partial charge on any atom is 0.320 e. The molecule has 1 atom stereocenters. The van der Waals surface area contributed by atoms with Crippen LogP contribution in [0.4, 0.5) is 4.39 Å². The first kappa shape index (κ1) is 17.5. The van der Waals surface area contributed by atoms with Crippen molar-refractivity contribution in [2.45, 2.75) is 24.6 Å². The van der Waals surface area contributed by atoms with Crippen molar-refractivity contribution in [1.82, 2.24) is 5.32 Å². The Balaban J connectivity index is 2.09. The molecule has 21 heavy (non-hydrogen) atoms. The fourth-order valence-electron chi connectivity index (χ4n) is 1.57. The SMILES string of the molecule is N[C@@H](CCCNC(=O)CSCc1ccc(F)cc1)C(=O)O. The summed E-state index contributed by atoms with van der Waals surface area (Å²) >= 11 is 1.44. The second kappa shape index (κ2) is 9.36. The van der Waals surface area contributed by atoms with Crippen molar-refractivity contribution in [2.24, 2.45) is 5.73 Å². The summed E-state index contributed by atoms with van der Waals surface area (Å²) in [5.74, 6) is -0.469. The van der Waals surface area contributed by atoms with Gasteiger partial charge in [0.05, 0.1) is 5.75 Å². The van der Waals surface area contributed by atoms with Gasteiger partial charge in [0.15, 0.2) is 0 Å². The number of carbonyl (C=O) groups excluding carboxylic acids is 1. The summed E-state index contributed by atoms with van der Waals surface area (Å²) < 4.78 is 12.7. The highest BCUT2D eigenvalue weighted by Crippen LogP contribution is 2.12. The number of amides is 1. The molecule has 7 heteroatoms. The lowest BCUT2D eigenvalue weighted by atomic mass is 10.2. The summed E-state index contributed by atoms with van der Waals surface area (Å²) in [5, 5.41) is 11.3. The summed E-state index contributed by atoms with van der Waals surface area (Å²) in [6.07, 6.45) is 0.861. The third-order valence-electron chi connectivity index (χ3n) is 2.75. The first-order valence-corrected chi connectivity index (χ1v) is 7.72. The molecule has 0 heterocycles. The van der Waals surface area contributed by atoms with Crippen LogP contribution in [0.1, 0.15) is 18.4 Å². The summed E-state index contributed by atoms with van der Waals surface area (Å²) in [4.78, 5) is 22.0. The monoisotopic (exact) mass is 314 g/mol. The Morgan fingerprint density at radius 2 is 2.00 bits per heavy atom. The van der Waals surface area contributed by atoms with E-state index in [1.807, 2.05) is 0 Å². The number of benzene rings is 1. The molecule has 0 spiro atoms. The largest absolute Gasteiger partial charge is 0.480 e. The Kier molecular flexibility index (Phi) is 7.78. The van der Waals surface area contributed by atoms with Gasteiger partial charge in [0.2, 0.25) is 5.91 Å². The van der Waals surface area contributed by atoms with E-state index in [1.54, 1.807) is 12.1 Å². The third-order valence-corrected chi connectivity index (χ3v) is 3.75. The molecule has 0 aliphatic rings. The third kappa shape index (κ3) is 7.67. The van der Waals surface area contributed by atoms with Crippen molar-refractivity contribution < 1.29 is 19.1 Å². The van der Waals surface area contributed by atoms with Crippen molar-refractivity contribution in [3.05, 3.63) is 35.6 Å². The number of thioether (sulfide) groups is 1. The second-order valence-electron chi connectivity index (χ2n) is 4.56. The second-order valence-corrected chi connectivity index (χ2v) is 5.54. The molecular weight excluding hydrogens is 295 g/mol. The number of nitrogens with one attached hydrogen (secondary N) is 1. The van der Waals surface area contributed by atoms with Crippen LogP contribution in [0.25, 0.3) is 0 Å². The Morgan fingerprint density at radius 3 is 2.62 bits per heavy atom.